The fourth-order valence-electron chi connectivity index (χ4n) is 1.06. The van der Waals surface area contributed by atoms with Crippen LogP contribution in [0.2, 0.25) is 0 Å². The van der Waals surface area contributed by atoms with E-state index in [0.717, 1.165) is 0 Å². The van der Waals surface area contributed by atoms with Crippen molar-refractivity contribution < 1.29 is 9.18 Å². The van der Waals surface area contributed by atoms with Crippen molar-refractivity contribution in [3.8, 4) is 0 Å². The Kier molecular flexibility index (Phi) is 4.23. The average molecular weight is 275 g/mol. The van der Waals surface area contributed by atoms with Gasteiger partial charge in [-0.15, -0.1) is 0 Å². The van der Waals surface area contributed by atoms with Crippen molar-refractivity contribution in [2.45, 2.75) is 0 Å². The van der Waals surface area contributed by atoms with E-state index in [-0.39, 0.29) is 12.5 Å². The van der Waals surface area contributed by atoms with Crippen LogP contribution in [0, 0.1) is 5.82 Å². The Morgan fingerprint density at radius 2 is 2.20 bits per heavy atom. The van der Waals surface area contributed by atoms with Gasteiger partial charge in [-0.05, 0) is 48.2 Å². The van der Waals surface area contributed by atoms with Gasteiger partial charge in [0.2, 0.25) is 5.91 Å². The van der Waals surface area contributed by atoms with Crippen LogP contribution in [0.4, 0.5) is 10.1 Å². The minimum absolute atomic E-state index is 0.165. The highest BCUT2D eigenvalue weighted by Gasteiger charge is 2.05. The van der Waals surface area contributed by atoms with Crippen molar-refractivity contribution in [1.29, 1.82) is 0 Å². The third kappa shape index (κ3) is 3.97. The minimum Gasteiger partial charge on any atom is -0.325 e. The van der Waals surface area contributed by atoms with Gasteiger partial charge in [-0.3, -0.25) is 4.79 Å². The molecule has 0 aliphatic carbocycles. The third-order valence-electron chi connectivity index (χ3n) is 1.66. The van der Waals surface area contributed by atoms with Crippen molar-refractivity contribution in [3.63, 3.8) is 0 Å². The average Bonchev–Trinajstić information content (AvgIpc) is 2.10. The topological polar surface area (TPSA) is 32.3 Å². The maximum Gasteiger partial charge on any atom is 0.238 e. The van der Waals surface area contributed by atoms with Crippen LogP contribution in [0.1, 0.15) is 0 Å². The van der Waals surface area contributed by atoms with E-state index >= 15 is 0 Å². The molecule has 0 aromatic heterocycles. The SMILES string of the molecule is CN(C)CC(=O)Nc1ccc(Br)c(F)c1. The molecule has 0 unspecified atom stereocenters. The molecule has 0 heterocycles. The number of carbonyl (C=O) groups excluding carboxylic acids is 1. The molecule has 1 aromatic rings. The number of anilines is 1. The molecule has 0 radical (unpaired) electrons. The van der Waals surface area contributed by atoms with Crippen molar-refractivity contribution in [1.82, 2.24) is 4.90 Å². The summed E-state index contributed by atoms with van der Waals surface area (Å²) in [6, 6.07) is 4.47. The molecule has 0 spiro atoms. The summed E-state index contributed by atoms with van der Waals surface area (Å²) in [4.78, 5) is 13.1. The first-order valence-electron chi connectivity index (χ1n) is 4.38. The van der Waals surface area contributed by atoms with Crippen LogP contribution in [0.15, 0.2) is 22.7 Å². The molecule has 15 heavy (non-hydrogen) atoms. The molecule has 0 aliphatic heterocycles. The van der Waals surface area contributed by atoms with Gasteiger partial charge in [-0.2, -0.15) is 0 Å². The van der Waals surface area contributed by atoms with Gasteiger partial charge in [0.1, 0.15) is 5.82 Å². The van der Waals surface area contributed by atoms with Gasteiger partial charge in [-0.25, -0.2) is 4.39 Å². The second-order valence-corrected chi connectivity index (χ2v) is 4.27. The second kappa shape index (κ2) is 5.23. The van der Waals surface area contributed by atoms with Crippen LogP contribution in [-0.2, 0) is 4.79 Å². The predicted octanol–water partition coefficient (Wildman–Crippen LogP) is 2.09. The molecular weight excluding hydrogens is 263 g/mol. The highest BCUT2D eigenvalue weighted by Crippen LogP contribution is 2.19. The molecule has 0 fully saturated rings. The standard InChI is InChI=1S/C10H12BrFN2O/c1-14(2)6-10(15)13-7-3-4-8(11)9(12)5-7/h3-5H,6H2,1-2H3,(H,13,15). The number of carbonyl (C=O) groups is 1. The Labute approximate surface area is 96.4 Å². The third-order valence-corrected chi connectivity index (χ3v) is 2.31. The lowest BCUT2D eigenvalue weighted by molar-refractivity contribution is -0.116. The molecule has 0 saturated heterocycles. The van der Waals surface area contributed by atoms with Crippen molar-refractivity contribution in [3.05, 3.63) is 28.5 Å². The number of halogens is 2. The second-order valence-electron chi connectivity index (χ2n) is 3.41. The van der Waals surface area contributed by atoms with Crippen molar-refractivity contribution >= 4 is 27.5 Å². The molecule has 5 heteroatoms. The summed E-state index contributed by atoms with van der Waals surface area (Å²) < 4.78 is 13.5. The first-order chi connectivity index (χ1) is 6.99. The Bertz CT molecular complexity index is 368. The largest absolute Gasteiger partial charge is 0.325 e. The number of amides is 1. The number of benzene rings is 1. The van der Waals surface area contributed by atoms with Crippen LogP contribution in [0.5, 0.6) is 0 Å². The maximum atomic E-state index is 13.1. The van der Waals surface area contributed by atoms with Gasteiger partial charge in [0.05, 0.1) is 11.0 Å². The van der Waals surface area contributed by atoms with E-state index in [1.807, 2.05) is 0 Å². The van der Waals surface area contributed by atoms with Gasteiger partial charge >= 0.3 is 0 Å². The first-order valence-corrected chi connectivity index (χ1v) is 5.18. The summed E-state index contributed by atoms with van der Waals surface area (Å²) in [6.07, 6.45) is 0. The quantitative estimate of drug-likeness (QED) is 0.916. The molecule has 1 aromatic carbocycles. The smallest absolute Gasteiger partial charge is 0.238 e. The summed E-state index contributed by atoms with van der Waals surface area (Å²) in [7, 11) is 3.59. The molecule has 0 atom stereocenters. The number of hydrogen-bond acceptors (Lipinski definition) is 2. The van der Waals surface area contributed by atoms with Gasteiger partial charge in [0.15, 0.2) is 0 Å². The lowest BCUT2D eigenvalue weighted by Gasteiger charge is -2.10. The van der Waals surface area contributed by atoms with E-state index < -0.39 is 5.82 Å². The van der Waals surface area contributed by atoms with E-state index in [9.17, 15) is 9.18 Å². The molecule has 82 valence electrons. The maximum absolute atomic E-state index is 13.1. The van der Waals surface area contributed by atoms with Gasteiger partial charge < -0.3 is 10.2 Å². The zero-order valence-electron chi connectivity index (χ0n) is 8.55. The lowest BCUT2D eigenvalue weighted by Crippen LogP contribution is -2.27. The molecule has 1 rings (SSSR count). The molecule has 0 aliphatic rings. The molecule has 1 amide bonds. The van der Waals surface area contributed by atoms with E-state index in [1.165, 1.54) is 6.07 Å². The monoisotopic (exact) mass is 274 g/mol. The summed E-state index contributed by atoms with van der Waals surface area (Å²) in [5.74, 6) is -0.556. The van der Waals surface area contributed by atoms with Gasteiger partial charge in [0, 0.05) is 5.69 Å². The zero-order chi connectivity index (χ0) is 11.4. The Morgan fingerprint density at radius 1 is 1.53 bits per heavy atom. The highest BCUT2D eigenvalue weighted by atomic mass is 79.9. The molecule has 1 N–H and O–H groups in total. The van der Waals surface area contributed by atoms with Crippen LogP contribution >= 0.6 is 15.9 Å². The fourth-order valence-corrected chi connectivity index (χ4v) is 1.31. The predicted molar refractivity (Wildman–Crippen MR) is 61.3 cm³/mol. The summed E-state index contributed by atoms with van der Waals surface area (Å²) >= 11 is 3.04. The molecule has 0 bridgehead atoms. The summed E-state index contributed by atoms with van der Waals surface area (Å²) in [5.41, 5.74) is 0.461. The molecular formula is C10H12BrFN2O. The Hall–Kier alpha value is -0.940. The van der Waals surface area contributed by atoms with E-state index in [0.29, 0.717) is 10.2 Å². The van der Waals surface area contributed by atoms with Gasteiger partial charge in [-0.1, -0.05) is 0 Å². The number of nitrogens with one attached hydrogen (secondary N) is 1. The molecule has 0 saturated carbocycles. The Balaban J connectivity index is 2.65. The normalized spacial score (nSPS) is 10.5. The fraction of sp³-hybridized carbons (Fsp3) is 0.300. The van der Waals surface area contributed by atoms with Crippen LogP contribution < -0.4 is 5.32 Å². The summed E-state index contributed by atoms with van der Waals surface area (Å²) in [6.45, 7) is 0.275. The lowest BCUT2D eigenvalue weighted by atomic mass is 10.3. The summed E-state index contributed by atoms with van der Waals surface area (Å²) in [5, 5.41) is 2.60. The van der Waals surface area contributed by atoms with Crippen LogP contribution in [-0.4, -0.2) is 31.4 Å². The highest BCUT2D eigenvalue weighted by molar-refractivity contribution is 9.10. The number of rotatable bonds is 3. The number of nitrogens with zero attached hydrogens (tertiary/aromatic N) is 1. The van der Waals surface area contributed by atoms with Crippen LogP contribution in [0.3, 0.4) is 0 Å². The molecule has 3 nitrogen and oxygen atoms in total. The zero-order valence-corrected chi connectivity index (χ0v) is 10.1. The first kappa shape index (κ1) is 12.1. The van der Waals surface area contributed by atoms with Gasteiger partial charge in [0.25, 0.3) is 0 Å². The minimum atomic E-state index is -0.391. The van der Waals surface area contributed by atoms with E-state index in [4.69, 9.17) is 0 Å². The number of hydrogen-bond donors (Lipinski definition) is 1. The van der Waals surface area contributed by atoms with Crippen LogP contribution in [0.25, 0.3) is 0 Å². The Morgan fingerprint density at radius 3 is 2.73 bits per heavy atom. The van der Waals surface area contributed by atoms with E-state index in [1.54, 1.807) is 31.1 Å². The number of likely N-dealkylation sites (N-methyl/N-ethyl adjacent to an activating group) is 1. The van der Waals surface area contributed by atoms with E-state index in [2.05, 4.69) is 21.2 Å². The van der Waals surface area contributed by atoms with Crippen molar-refractivity contribution in [2.24, 2.45) is 0 Å². The van der Waals surface area contributed by atoms with Crippen molar-refractivity contribution in [2.75, 3.05) is 26.0 Å².